The highest BCUT2D eigenvalue weighted by Crippen LogP contribution is 2.39. The number of furan rings is 1. The standard InChI is InChI=1S/C25H28N4O2/c1-2-25(11-13-27-23-20-9-15-31-22(20)8-12-26-23)10-5-14-29(24(25)30)17-18-16-28-21-7-4-3-6-19(18)21/h3-4,6-9,12,15-16,28H,2,5,10-11,13-14,17H2,1H3,(H,26,27). The van der Waals surface area contributed by atoms with Gasteiger partial charge in [0.1, 0.15) is 11.4 Å². The van der Waals surface area contributed by atoms with Crippen molar-refractivity contribution in [3.63, 3.8) is 0 Å². The van der Waals surface area contributed by atoms with Crippen LogP contribution in [-0.2, 0) is 11.3 Å². The summed E-state index contributed by atoms with van der Waals surface area (Å²) < 4.78 is 5.46. The molecule has 1 atom stereocenters. The SMILES string of the molecule is CCC1(CCNc2nccc3occc23)CCCN(Cc2c[nH]c3ccccc23)C1=O. The predicted octanol–water partition coefficient (Wildman–Crippen LogP) is 5.33. The zero-order valence-corrected chi connectivity index (χ0v) is 17.9. The Hall–Kier alpha value is -3.28. The minimum absolute atomic E-state index is 0.280. The largest absolute Gasteiger partial charge is 0.464 e. The minimum Gasteiger partial charge on any atom is -0.464 e. The van der Waals surface area contributed by atoms with E-state index in [9.17, 15) is 4.79 Å². The van der Waals surface area contributed by atoms with Gasteiger partial charge in [0.05, 0.1) is 17.1 Å². The van der Waals surface area contributed by atoms with Crippen molar-refractivity contribution in [2.75, 3.05) is 18.4 Å². The maximum absolute atomic E-state index is 13.6. The number of benzene rings is 1. The highest BCUT2D eigenvalue weighted by atomic mass is 16.3. The van der Waals surface area contributed by atoms with Gasteiger partial charge in [-0.05, 0) is 49.4 Å². The number of nitrogens with one attached hydrogen (secondary N) is 2. The number of piperidine rings is 1. The molecule has 0 aliphatic carbocycles. The molecule has 2 N–H and O–H groups in total. The topological polar surface area (TPSA) is 74.2 Å². The van der Waals surface area contributed by atoms with Crippen LogP contribution in [0.5, 0.6) is 0 Å². The quantitative estimate of drug-likeness (QED) is 0.427. The summed E-state index contributed by atoms with van der Waals surface area (Å²) in [5.74, 6) is 1.10. The molecule has 1 unspecified atom stereocenters. The third kappa shape index (κ3) is 3.56. The maximum Gasteiger partial charge on any atom is 0.229 e. The first-order chi connectivity index (χ1) is 15.2. The molecule has 1 saturated heterocycles. The van der Waals surface area contributed by atoms with E-state index in [2.05, 4.69) is 39.2 Å². The lowest BCUT2D eigenvalue weighted by molar-refractivity contribution is -0.147. The molecular formula is C25H28N4O2. The van der Waals surface area contributed by atoms with Gasteiger partial charge in [-0.1, -0.05) is 25.1 Å². The van der Waals surface area contributed by atoms with E-state index in [1.807, 2.05) is 30.5 Å². The molecule has 6 heteroatoms. The van der Waals surface area contributed by atoms with E-state index in [1.54, 1.807) is 12.5 Å². The van der Waals surface area contributed by atoms with E-state index < -0.39 is 0 Å². The average Bonchev–Trinajstić information content (AvgIpc) is 3.44. The van der Waals surface area contributed by atoms with E-state index >= 15 is 0 Å². The second kappa shape index (κ2) is 8.10. The van der Waals surface area contributed by atoms with Crippen LogP contribution >= 0.6 is 0 Å². The normalized spacial score (nSPS) is 19.4. The van der Waals surface area contributed by atoms with Crippen LogP contribution in [0.15, 0.2) is 59.5 Å². The molecule has 0 bridgehead atoms. The van der Waals surface area contributed by atoms with Crippen LogP contribution in [0.3, 0.4) is 0 Å². The summed E-state index contributed by atoms with van der Waals surface area (Å²) in [6.45, 7) is 4.33. The number of pyridine rings is 1. The van der Waals surface area contributed by atoms with E-state index in [-0.39, 0.29) is 11.3 Å². The Bertz CT molecular complexity index is 1210. The molecule has 1 aromatic carbocycles. The molecule has 0 saturated carbocycles. The Morgan fingerprint density at radius 3 is 3.03 bits per heavy atom. The highest BCUT2D eigenvalue weighted by Gasteiger charge is 2.42. The van der Waals surface area contributed by atoms with Crippen LogP contribution in [0.4, 0.5) is 5.82 Å². The zero-order valence-electron chi connectivity index (χ0n) is 17.9. The Kier molecular flexibility index (Phi) is 5.14. The summed E-state index contributed by atoms with van der Waals surface area (Å²) in [5.41, 5.74) is 2.81. The molecule has 4 aromatic rings. The first kappa shape index (κ1) is 19.7. The lowest BCUT2D eigenvalue weighted by atomic mass is 9.74. The number of aromatic amines is 1. The van der Waals surface area contributed by atoms with E-state index in [1.165, 1.54) is 10.9 Å². The number of hydrogen-bond acceptors (Lipinski definition) is 4. The third-order valence-electron chi connectivity index (χ3n) is 6.81. The second-order valence-electron chi connectivity index (χ2n) is 8.49. The van der Waals surface area contributed by atoms with Crippen molar-refractivity contribution in [2.24, 2.45) is 5.41 Å². The molecular weight excluding hydrogens is 388 g/mol. The smallest absolute Gasteiger partial charge is 0.229 e. The van der Waals surface area contributed by atoms with E-state index in [4.69, 9.17) is 4.42 Å². The van der Waals surface area contributed by atoms with Crippen molar-refractivity contribution < 1.29 is 9.21 Å². The summed E-state index contributed by atoms with van der Waals surface area (Å²) in [7, 11) is 0. The zero-order chi connectivity index (χ0) is 21.3. The van der Waals surface area contributed by atoms with Crippen LogP contribution in [0.1, 0.15) is 38.2 Å². The number of rotatable bonds is 7. The summed E-state index contributed by atoms with van der Waals surface area (Å²) in [6, 6.07) is 12.1. The summed E-state index contributed by atoms with van der Waals surface area (Å²) in [6.07, 6.45) is 9.09. The molecule has 1 aliphatic heterocycles. The van der Waals surface area contributed by atoms with Gasteiger partial charge in [0.25, 0.3) is 0 Å². The molecule has 31 heavy (non-hydrogen) atoms. The number of fused-ring (bicyclic) bond motifs is 2. The van der Waals surface area contributed by atoms with Crippen molar-refractivity contribution in [2.45, 2.75) is 39.2 Å². The highest BCUT2D eigenvalue weighted by molar-refractivity contribution is 5.88. The minimum atomic E-state index is -0.318. The molecule has 160 valence electrons. The maximum atomic E-state index is 13.6. The number of anilines is 1. The van der Waals surface area contributed by atoms with Gasteiger partial charge in [-0.2, -0.15) is 0 Å². The van der Waals surface area contributed by atoms with Crippen molar-refractivity contribution in [3.8, 4) is 0 Å². The van der Waals surface area contributed by atoms with Gasteiger partial charge in [0, 0.05) is 42.9 Å². The fourth-order valence-corrected chi connectivity index (χ4v) is 4.96. The van der Waals surface area contributed by atoms with Crippen molar-refractivity contribution in [3.05, 3.63) is 60.6 Å². The Balaban J connectivity index is 1.30. The van der Waals surface area contributed by atoms with Gasteiger partial charge in [0.15, 0.2) is 0 Å². The van der Waals surface area contributed by atoms with Gasteiger partial charge < -0.3 is 19.6 Å². The Morgan fingerprint density at radius 2 is 2.13 bits per heavy atom. The lowest BCUT2D eigenvalue weighted by Gasteiger charge is -2.41. The first-order valence-corrected chi connectivity index (χ1v) is 11.1. The number of nitrogens with zero attached hydrogens (tertiary/aromatic N) is 2. The number of hydrogen-bond donors (Lipinski definition) is 2. The van der Waals surface area contributed by atoms with Gasteiger partial charge >= 0.3 is 0 Å². The third-order valence-corrected chi connectivity index (χ3v) is 6.81. The Morgan fingerprint density at radius 1 is 1.23 bits per heavy atom. The molecule has 6 nitrogen and oxygen atoms in total. The number of H-pyrrole nitrogens is 1. The molecule has 1 fully saturated rings. The van der Waals surface area contributed by atoms with Crippen LogP contribution in [0.2, 0.25) is 0 Å². The lowest BCUT2D eigenvalue weighted by Crippen LogP contribution is -2.48. The van der Waals surface area contributed by atoms with Crippen LogP contribution < -0.4 is 5.32 Å². The van der Waals surface area contributed by atoms with Crippen molar-refractivity contribution in [1.29, 1.82) is 0 Å². The second-order valence-corrected chi connectivity index (χ2v) is 8.49. The fraction of sp³-hybridized carbons (Fsp3) is 0.360. The Labute approximate surface area is 181 Å². The molecule has 5 rings (SSSR count). The number of carbonyl (C=O) groups excluding carboxylic acids is 1. The van der Waals surface area contributed by atoms with Crippen LogP contribution in [-0.4, -0.2) is 33.9 Å². The van der Waals surface area contributed by atoms with Crippen molar-refractivity contribution >= 4 is 33.6 Å². The predicted molar refractivity (Wildman–Crippen MR) is 123 cm³/mol. The van der Waals surface area contributed by atoms with Gasteiger partial charge in [-0.15, -0.1) is 0 Å². The molecule has 4 heterocycles. The van der Waals surface area contributed by atoms with Gasteiger partial charge in [0.2, 0.25) is 5.91 Å². The number of likely N-dealkylation sites (tertiary alicyclic amines) is 1. The summed E-state index contributed by atoms with van der Waals surface area (Å²) in [5, 5.41) is 5.61. The molecule has 1 aliphatic rings. The number of para-hydroxylation sites is 1. The van der Waals surface area contributed by atoms with Gasteiger partial charge in [-0.3, -0.25) is 4.79 Å². The van der Waals surface area contributed by atoms with E-state index in [0.717, 1.165) is 54.5 Å². The van der Waals surface area contributed by atoms with Gasteiger partial charge in [-0.25, -0.2) is 4.98 Å². The van der Waals surface area contributed by atoms with E-state index in [0.29, 0.717) is 13.1 Å². The monoisotopic (exact) mass is 416 g/mol. The fourth-order valence-electron chi connectivity index (χ4n) is 4.96. The molecule has 0 spiro atoms. The summed E-state index contributed by atoms with van der Waals surface area (Å²) in [4.78, 5) is 23.4. The van der Waals surface area contributed by atoms with Crippen LogP contribution in [0, 0.1) is 5.41 Å². The average molecular weight is 417 g/mol. The number of aromatic nitrogens is 2. The summed E-state index contributed by atoms with van der Waals surface area (Å²) >= 11 is 0. The molecule has 0 radical (unpaired) electrons. The van der Waals surface area contributed by atoms with Crippen molar-refractivity contribution in [1.82, 2.24) is 14.9 Å². The first-order valence-electron chi connectivity index (χ1n) is 11.1. The van der Waals surface area contributed by atoms with Crippen LogP contribution in [0.25, 0.3) is 21.9 Å². The number of amides is 1. The number of carbonyl (C=O) groups is 1. The molecule has 1 amide bonds. The molecule has 3 aromatic heterocycles.